The molecular weight excluding hydrogens is 693 g/mol. The van der Waals surface area contributed by atoms with E-state index in [2.05, 4.69) is 10.3 Å². The number of ether oxygens (including phenoxy) is 1. The van der Waals surface area contributed by atoms with E-state index in [4.69, 9.17) is 10.5 Å². The van der Waals surface area contributed by atoms with Crippen molar-refractivity contribution < 1.29 is 42.1 Å². The average Bonchev–Trinajstić information content (AvgIpc) is 3.06. The second-order valence-corrected chi connectivity index (χ2v) is 15.8. The molecule has 13 nitrogen and oxygen atoms in total. The highest BCUT2D eigenvalue weighted by molar-refractivity contribution is 7.91. The summed E-state index contributed by atoms with van der Waals surface area (Å²) < 4.78 is 46.4. The van der Waals surface area contributed by atoms with Crippen molar-refractivity contribution in [2.24, 2.45) is 0 Å². The Morgan fingerprint density at radius 1 is 1.06 bits per heavy atom. The number of carbonyl (C=O) groups is 3. The first kappa shape index (κ1) is 39.5. The quantitative estimate of drug-likeness (QED) is 0.125. The van der Waals surface area contributed by atoms with Crippen LogP contribution in [0.4, 0.5) is 31.2 Å². The van der Waals surface area contributed by atoms with E-state index < -0.39 is 45.4 Å². The van der Waals surface area contributed by atoms with Gasteiger partial charge in [-0.3, -0.25) is 4.79 Å². The number of sulfone groups is 1. The molecule has 52 heavy (non-hydrogen) atoms. The summed E-state index contributed by atoms with van der Waals surface area (Å²) >= 11 is 0. The van der Waals surface area contributed by atoms with E-state index in [0.717, 1.165) is 17.3 Å². The number of hydrogen-bond acceptors (Lipinski definition) is 10. The van der Waals surface area contributed by atoms with Gasteiger partial charge in [0.25, 0.3) is 0 Å². The molecule has 1 unspecified atom stereocenters. The number of hydrogen-bond donors (Lipinski definition) is 4. The number of aliphatic hydroxyl groups excluding tert-OH is 1. The number of aryl methyl sites for hydroxylation is 1. The largest absolute Gasteiger partial charge is 0.464 e. The van der Waals surface area contributed by atoms with Crippen LogP contribution in [-0.2, 0) is 25.9 Å². The number of pyridine rings is 1. The van der Waals surface area contributed by atoms with Crippen molar-refractivity contribution >= 4 is 55.9 Å². The van der Waals surface area contributed by atoms with Crippen LogP contribution in [0.2, 0.25) is 0 Å². The number of amides is 3. The summed E-state index contributed by atoms with van der Waals surface area (Å²) in [6.45, 7) is 9.75. The lowest BCUT2D eigenvalue weighted by Crippen LogP contribution is -2.40. The zero-order valence-electron chi connectivity index (χ0n) is 30.1. The number of halogens is 1. The molecule has 1 aromatic heterocycles. The summed E-state index contributed by atoms with van der Waals surface area (Å²) in [5.74, 6) is -1.98. The Balaban J connectivity index is 1.80. The third-order valence-electron chi connectivity index (χ3n) is 8.37. The molecule has 0 aliphatic carbocycles. The number of anilines is 3. The van der Waals surface area contributed by atoms with Crippen molar-refractivity contribution in [2.45, 2.75) is 70.5 Å². The minimum atomic E-state index is -3.65. The van der Waals surface area contributed by atoms with Gasteiger partial charge in [0.1, 0.15) is 17.5 Å². The van der Waals surface area contributed by atoms with Crippen molar-refractivity contribution in [1.82, 2.24) is 9.88 Å². The number of imide groups is 1. The smallest absolute Gasteiger partial charge is 0.425 e. The predicted octanol–water partition coefficient (Wildman–Crippen LogP) is 6.39. The summed E-state index contributed by atoms with van der Waals surface area (Å²) in [6.07, 6.45) is -2.12. The number of carboxylic acid groups (broad SMARTS) is 1. The van der Waals surface area contributed by atoms with Crippen LogP contribution in [0.15, 0.2) is 65.7 Å². The number of rotatable bonds is 11. The number of nitrogen functional groups attached to an aromatic ring is 1. The first-order valence-corrected chi connectivity index (χ1v) is 18.1. The van der Waals surface area contributed by atoms with E-state index in [1.807, 2.05) is 19.9 Å². The van der Waals surface area contributed by atoms with Crippen molar-refractivity contribution in [3.8, 4) is 0 Å². The molecular formula is C37H44FN5O8S. The number of aromatic nitrogens is 1. The molecule has 15 heteroatoms. The zero-order valence-corrected chi connectivity index (χ0v) is 30.9. The highest BCUT2D eigenvalue weighted by Gasteiger charge is 2.32. The fraction of sp³-hybridized carbons (Fsp3) is 0.351. The van der Waals surface area contributed by atoms with Crippen molar-refractivity contribution in [3.05, 3.63) is 88.9 Å². The first-order chi connectivity index (χ1) is 24.3. The molecule has 0 fully saturated rings. The second kappa shape index (κ2) is 15.5. The van der Waals surface area contributed by atoms with Crippen LogP contribution in [0.3, 0.4) is 0 Å². The number of aliphatic hydroxyl groups is 1. The lowest BCUT2D eigenvalue weighted by atomic mass is 9.93. The van der Waals surface area contributed by atoms with E-state index in [0.29, 0.717) is 21.7 Å². The second-order valence-electron chi connectivity index (χ2n) is 13.5. The van der Waals surface area contributed by atoms with Crippen LogP contribution in [0, 0.1) is 12.7 Å². The van der Waals surface area contributed by atoms with E-state index in [1.165, 1.54) is 55.3 Å². The van der Waals surface area contributed by atoms with Crippen LogP contribution >= 0.6 is 0 Å². The molecule has 0 spiro atoms. The third-order valence-corrected chi connectivity index (χ3v) is 10.2. The molecule has 2 atom stereocenters. The normalized spacial score (nSPS) is 12.9. The molecule has 0 saturated carbocycles. The third kappa shape index (κ3) is 8.77. The highest BCUT2D eigenvalue weighted by atomic mass is 32.2. The van der Waals surface area contributed by atoms with Crippen molar-refractivity contribution in [2.75, 3.05) is 35.4 Å². The first-order valence-electron chi connectivity index (χ1n) is 16.5. The SMILES string of the molecule is CCS(=O)(=O)c1ccc(N)cc1CN(C)C(=O)C(Nc1ccc2c(N(C(=O)O)C(=O)OC(C)(C)C)ncc(F)c2c1)c1ccc([C@@H](C)CO)c(C)c1. The van der Waals surface area contributed by atoms with Gasteiger partial charge in [-0.15, -0.1) is 0 Å². The van der Waals surface area contributed by atoms with Crippen LogP contribution in [-0.4, -0.2) is 71.6 Å². The molecule has 3 amide bonds. The number of nitrogens with two attached hydrogens (primary N) is 1. The number of fused-ring (bicyclic) bond motifs is 1. The summed E-state index contributed by atoms with van der Waals surface area (Å²) in [4.78, 5) is 45.0. The lowest BCUT2D eigenvalue weighted by Gasteiger charge is -2.27. The van der Waals surface area contributed by atoms with Gasteiger partial charge >= 0.3 is 12.2 Å². The fourth-order valence-electron chi connectivity index (χ4n) is 5.74. The molecule has 1 heterocycles. The molecule has 4 aromatic rings. The molecule has 0 aliphatic rings. The van der Waals surface area contributed by atoms with Gasteiger partial charge in [0.05, 0.1) is 16.8 Å². The fourth-order valence-corrected chi connectivity index (χ4v) is 6.85. The Labute approximate surface area is 302 Å². The number of nitrogens with zero attached hydrogens (tertiary/aromatic N) is 3. The number of benzene rings is 3. The predicted molar refractivity (Wildman–Crippen MR) is 197 cm³/mol. The summed E-state index contributed by atoms with van der Waals surface area (Å²) in [6, 6.07) is 12.9. The van der Waals surface area contributed by atoms with Gasteiger partial charge in [0.15, 0.2) is 15.7 Å². The zero-order chi connectivity index (χ0) is 38.7. The number of nitrogens with one attached hydrogen (secondary N) is 1. The molecule has 5 N–H and O–H groups in total. The summed E-state index contributed by atoms with van der Waals surface area (Å²) in [5.41, 5.74) is 8.10. The maximum Gasteiger partial charge on any atom is 0.425 e. The van der Waals surface area contributed by atoms with Gasteiger partial charge in [-0.25, -0.2) is 27.4 Å². The highest BCUT2D eigenvalue weighted by Crippen LogP contribution is 2.33. The molecule has 3 aromatic carbocycles. The molecule has 278 valence electrons. The van der Waals surface area contributed by atoms with E-state index in [9.17, 15) is 33.0 Å². The van der Waals surface area contributed by atoms with Gasteiger partial charge < -0.3 is 30.9 Å². The molecule has 0 bridgehead atoms. The molecule has 0 saturated heterocycles. The van der Waals surface area contributed by atoms with Gasteiger partial charge in [0.2, 0.25) is 5.91 Å². The Morgan fingerprint density at radius 3 is 2.35 bits per heavy atom. The molecule has 0 aliphatic heterocycles. The molecule has 4 rings (SSSR count). The lowest BCUT2D eigenvalue weighted by molar-refractivity contribution is -0.131. The Bertz CT molecular complexity index is 2120. The summed E-state index contributed by atoms with van der Waals surface area (Å²) in [7, 11) is -2.13. The van der Waals surface area contributed by atoms with Crippen molar-refractivity contribution in [3.63, 3.8) is 0 Å². The number of likely N-dealkylation sites (N-methyl/N-ethyl adjacent to an activating group) is 1. The van der Waals surface area contributed by atoms with Gasteiger partial charge in [0, 0.05) is 48.3 Å². The van der Waals surface area contributed by atoms with Crippen LogP contribution in [0.5, 0.6) is 0 Å². The minimum Gasteiger partial charge on any atom is -0.464 e. The standard InChI is InChI=1S/C37H44FN5O8S/c1-8-52(49,50)31-14-10-25(39)16-24(31)19-42(7)34(45)32(23-9-12-27(21(2)15-23)22(3)20-44)41-26-11-13-28-29(17-26)30(38)18-40-33(28)43(35(46)47)36(48)51-37(4,5)6/h9-18,22,32,41,44H,8,19-20,39H2,1-7H3,(H,46,47)/t22-,32?/m0/s1. The molecule has 0 radical (unpaired) electrons. The topological polar surface area (TPSA) is 192 Å². The summed E-state index contributed by atoms with van der Waals surface area (Å²) in [5, 5.41) is 22.7. The van der Waals surface area contributed by atoms with Gasteiger partial charge in [-0.2, -0.15) is 4.90 Å². The van der Waals surface area contributed by atoms with Crippen LogP contribution < -0.4 is 16.0 Å². The monoisotopic (exact) mass is 737 g/mol. The van der Waals surface area contributed by atoms with E-state index in [1.54, 1.807) is 32.9 Å². The maximum absolute atomic E-state index is 15.3. The average molecular weight is 738 g/mol. The minimum absolute atomic E-state index is 0.0108. The van der Waals surface area contributed by atoms with Gasteiger partial charge in [-0.1, -0.05) is 32.0 Å². The van der Waals surface area contributed by atoms with Crippen LogP contribution in [0.1, 0.15) is 68.8 Å². The van der Waals surface area contributed by atoms with Crippen molar-refractivity contribution in [1.29, 1.82) is 0 Å². The van der Waals surface area contributed by atoms with Gasteiger partial charge in [-0.05, 0) is 86.3 Å². The van der Waals surface area contributed by atoms with E-state index >= 15 is 4.39 Å². The number of carbonyl (C=O) groups excluding carboxylic acids is 2. The van der Waals surface area contributed by atoms with E-state index in [-0.39, 0.29) is 52.0 Å². The Kier molecular flexibility index (Phi) is 11.8. The Hall–Kier alpha value is -5.28. The Morgan fingerprint density at radius 2 is 1.75 bits per heavy atom. The van der Waals surface area contributed by atoms with Crippen LogP contribution in [0.25, 0.3) is 10.8 Å². The maximum atomic E-state index is 15.3.